The van der Waals surface area contributed by atoms with Gasteiger partial charge < -0.3 is 10.5 Å². The summed E-state index contributed by atoms with van der Waals surface area (Å²) >= 11 is 0. The second kappa shape index (κ2) is 4.87. The van der Waals surface area contributed by atoms with Crippen molar-refractivity contribution in [2.75, 3.05) is 13.7 Å². The highest BCUT2D eigenvalue weighted by molar-refractivity contribution is 5.31. The zero-order valence-electron chi connectivity index (χ0n) is 10.1. The molecule has 1 fully saturated rings. The van der Waals surface area contributed by atoms with Gasteiger partial charge in [-0.15, -0.1) is 0 Å². The number of aryl methyl sites for hydroxylation is 1. The van der Waals surface area contributed by atoms with E-state index >= 15 is 0 Å². The molecule has 1 aromatic rings. The standard InChI is InChI=1S/C12H21N3O/c1-3-6-15-12(11(16-2)8-14-15)10-5-4-9(10)7-13/h8-10H,3-7,13H2,1-2H3. The first-order valence-electron chi connectivity index (χ1n) is 6.11. The molecule has 1 aliphatic rings. The van der Waals surface area contributed by atoms with Crippen molar-refractivity contribution in [1.82, 2.24) is 9.78 Å². The number of aromatic nitrogens is 2. The normalized spacial score (nSPS) is 24.2. The molecule has 0 aliphatic heterocycles. The van der Waals surface area contributed by atoms with Crippen molar-refractivity contribution in [1.29, 1.82) is 0 Å². The van der Waals surface area contributed by atoms with Gasteiger partial charge in [-0.1, -0.05) is 6.92 Å². The van der Waals surface area contributed by atoms with Crippen LogP contribution in [0.3, 0.4) is 0 Å². The number of nitrogens with two attached hydrogens (primary N) is 1. The third-order valence-electron chi connectivity index (χ3n) is 3.57. The third kappa shape index (κ3) is 1.82. The minimum Gasteiger partial charge on any atom is -0.493 e. The van der Waals surface area contributed by atoms with E-state index in [-0.39, 0.29) is 0 Å². The van der Waals surface area contributed by atoms with Gasteiger partial charge in [-0.25, -0.2) is 0 Å². The maximum Gasteiger partial charge on any atom is 0.160 e. The molecule has 0 amide bonds. The summed E-state index contributed by atoms with van der Waals surface area (Å²) < 4.78 is 7.49. The van der Waals surface area contributed by atoms with E-state index in [0.717, 1.165) is 25.3 Å². The summed E-state index contributed by atoms with van der Waals surface area (Å²) in [5, 5.41) is 4.40. The lowest BCUT2D eigenvalue weighted by Gasteiger charge is -2.36. The molecule has 90 valence electrons. The summed E-state index contributed by atoms with van der Waals surface area (Å²) in [6, 6.07) is 0. The van der Waals surface area contributed by atoms with E-state index in [2.05, 4.69) is 16.7 Å². The Bertz CT molecular complexity index is 346. The molecule has 4 nitrogen and oxygen atoms in total. The van der Waals surface area contributed by atoms with E-state index in [0.29, 0.717) is 11.8 Å². The van der Waals surface area contributed by atoms with E-state index in [1.807, 2.05) is 6.20 Å². The van der Waals surface area contributed by atoms with Crippen LogP contribution in [0.5, 0.6) is 5.75 Å². The van der Waals surface area contributed by atoms with Crippen LogP contribution >= 0.6 is 0 Å². The highest BCUT2D eigenvalue weighted by atomic mass is 16.5. The Balaban J connectivity index is 2.25. The molecule has 0 aromatic carbocycles. The lowest BCUT2D eigenvalue weighted by atomic mass is 9.71. The smallest absolute Gasteiger partial charge is 0.160 e. The van der Waals surface area contributed by atoms with Crippen LogP contribution in [0, 0.1) is 5.92 Å². The molecule has 2 N–H and O–H groups in total. The van der Waals surface area contributed by atoms with Gasteiger partial charge in [0, 0.05) is 12.5 Å². The predicted molar refractivity (Wildman–Crippen MR) is 63.6 cm³/mol. The van der Waals surface area contributed by atoms with Crippen molar-refractivity contribution in [3.8, 4) is 5.75 Å². The summed E-state index contributed by atoms with van der Waals surface area (Å²) in [6.07, 6.45) is 5.38. The largest absolute Gasteiger partial charge is 0.493 e. The Labute approximate surface area is 96.8 Å². The summed E-state index contributed by atoms with van der Waals surface area (Å²) in [4.78, 5) is 0. The molecule has 1 heterocycles. The van der Waals surface area contributed by atoms with Crippen LogP contribution in [0.4, 0.5) is 0 Å². The number of ether oxygens (including phenoxy) is 1. The minimum atomic E-state index is 0.550. The molecule has 4 heteroatoms. The fourth-order valence-corrected chi connectivity index (χ4v) is 2.51. The van der Waals surface area contributed by atoms with E-state index in [1.54, 1.807) is 7.11 Å². The van der Waals surface area contributed by atoms with Crippen molar-refractivity contribution in [3.05, 3.63) is 11.9 Å². The van der Waals surface area contributed by atoms with Crippen LogP contribution in [0.2, 0.25) is 0 Å². The zero-order valence-corrected chi connectivity index (χ0v) is 10.1. The van der Waals surface area contributed by atoms with Crippen molar-refractivity contribution in [2.24, 2.45) is 11.7 Å². The molecule has 0 bridgehead atoms. The van der Waals surface area contributed by atoms with Gasteiger partial charge in [0.25, 0.3) is 0 Å². The number of nitrogens with zero attached hydrogens (tertiary/aromatic N) is 2. The lowest BCUT2D eigenvalue weighted by molar-refractivity contribution is 0.242. The van der Waals surface area contributed by atoms with Crippen molar-refractivity contribution in [3.63, 3.8) is 0 Å². The summed E-state index contributed by atoms with van der Waals surface area (Å²) in [7, 11) is 1.72. The molecule has 2 unspecified atom stereocenters. The molecular weight excluding hydrogens is 202 g/mol. The van der Waals surface area contributed by atoms with Crippen LogP contribution in [-0.2, 0) is 6.54 Å². The first-order chi connectivity index (χ1) is 7.81. The molecule has 1 aromatic heterocycles. The van der Waals surface area contributed by atoms with Crippen LogP contribution in [0.15, 0.2) is 6.20 Å². The Hall–Kier alpha value is -1.03. The molecule has 2 atom stereocenters. The van der Waals surface area contributed by atoms with Gasteiger partial charge in [-0.2, -0.15) is 5.10 Å². The fourth-order valence-electron chi connectivity index (χ4n) is 2.51. The monoisotopic (exact) mass is 223 g/mol. The number of rotatable bonds is 5. The van der Waals surface area contributed by atoms with Crippen molar-refractivity contribution in [2.45, 2.75) is 38.6 Å². The molecule has 2 rings (SSSR count). The van der Waals surface area contributed by atoms with Crippen LogP contribution in [-0.4, -0.2) is 23.4 Å². The summed E-state index contributed by atoms with van der Waals surface area (Å²) in [6.45, 7) is 3.90. The Morgan fingerprint density at radius 3 is 2.88 bits per heavy atom. The van der Waals surface area contributed by atoms with Gasteiger partial charge in [0.1, 0.15) is 0 Å². The molecule has 1 saturated carbocycles. The Kier molecular flexibility index (Phi) is 3.49. The SMILES string of the molecule is CCCn1ncc(OC)c1C1CCC1CN. The highest BCUT2D eigenvalue weighted by Gasteiger charge is 2.35. The van der Waals surface area contributed by atoms with E-state index in [9.17, 15) is 0 Å². The maximum absolute atomic E-state index is 5.78. The van der Waals surface area contributed by atoms with Gasteiger partial charge >= 0.3 is 0 Å². The second-order valence-electron chi connectivity index (χ2n) is 4.50. The van der Waals surface area contributed by atoms with E-state index < -0.39 is 0 Å². The average Bonchev–Trinajstić information content (AvgIpc) is 2.62. The highest BCUT2D eigenvalue weighted by Crippen LogP contribution is 2.45. The van der Waals surface area contributed by atoms with Gasteiger partial charge in [-0.3, -0.25) is 4.68 Å². The Morgan fingerprint density at radius 1 is 1.56 bits per heavy atom. The predicted octanol–water partition coefficient (Wildman–Crippen LogP) is 1.75. The zero-order chi connectivity index (χ0) is 11.5. The maximum atomic E-state index is 5.78. The summed E-state index contributed by atoms with van der Waals surface area (Å²) in [5.74, 6) is 2.09. The fraction of sp³-hybridized carbons (Fsp3) is 0.750. The summed E-state index contributed by atoms with van der Waals surface area (Å²) in [5.41, 5.74) is 7.03. The van der Waals surface area contributed by atoms with E-state index in [1.165, 1.54) is 18.5 Å². The van der Waals surface area contributed by atoms with Gasteiger partial charge in [0.05, 0.1) is 19.0 Å². The average molecular weight is 223 g/mol. The minimum absolute atomic E-state index is 0.550. The van der Waals surface area contributed by atoms with Gasteiger partial charge in [0.15, 0.2) is 5.75 Å². The number of hydrogen-bond acceptors (Lipinski definition) is 3. The third-order valence-corrected chi connectivity index (χ3v) is 3.57. The van der Waals surface area contributed by atoms with Crippen molar-refractivity contribution >= 4 is 0 Å². The molecule has 16 heavy (non-hydrogen) atoms. The van der Waals surface area contributed by atoms with Gasteiger partial charge in [-0.05, 0) is 31.7 Å². The second-order valence-corrected chi connectivity index (χ2v) is 4.50. The van der Waals surface area contributed by atoms with Crippen LogP contribution < -0.4 is 10.5 Å². The van der Waals surface area contributed by atoms with Crippen molar-refractivity contribution < 1.29 is 4.74 Å². The first-order valence-corrected chi connectivity index (χ1v) is 6.11. The van der Waals surface area contributed by atoms with E-state index in [4.69, 9.17) is 10.5 Å². The topological polar surface area (TPSA) is 53.1 Å². The first kappa shape index (κ1) is 11.5. The van der Waals surface area contributed by atoms with Gasteiger partial charge in [0.2, 0.25) is 0 Å². The molecule has 1 aliphatic carbocycles. The molecular formula is C12H21N3O. The molecule has 0 saturated heterocycles. The molecule has 0 spiro atoms. The van der Waals surface area contributed by atoms with Crippen LogP contribution in [0.25, 0.3) is 0 Å². The van der Waals surface area contributed by atoms with Crippen LogP contribution in [0.1, 0.15) is 37.8 Å². The number of methoxy groups -OCH3 is 1. The lowest BCUT2D eigenvalue weighted by Crippen LogP contribution is -2.32. The quantitative estimate of drug-likeness (QED) is 0.827. The Morgan fingerprint density at radius 2 is 2.38 bits per heavy atom. The molecule has 0 radical (unpaired) electrons. The number of hydrogen-bond donors (Lipinski definition) is 1.